The standard InChI is InChI=1S/C25H28N2O6/c1-16(2)14-32-24(30)18-8-10-20(11-9-18)26-22(28)15-33-25(31)19-12-23(29)27(13-19)21-7-5-4-6-17(21)3/h4-11,16,19H,12-15H2,1-3H3,(H,26,28)/t19-/m0/s1. The molecule has 2 amide bonds. The third-order valence-electron chi connectivity index (χ3n) is 5.16. The first-order valence-electron chi connectivity index (χ1n) is 10.8. The summed E-state index contributed by atoms with van der Waals surface area (Å²) in [6, 6.07) is 13.7. The highest BCUT2D eigenvalue weighted by molar-refractivity contribution is 6.00. The molecule has 0 bridgehead atoms. The molecule has 1 aliphatic heterocycles. The molecule has 1 atom stereocenters. The van der Waals surface area contributed by atoms with Crippen LogP contribution in [0.2, 0.25) is 0 Å². The Morgan fingerprint density at radius 2 is 1.76 bits per heavy atom. The van der Waals surface area contributed by atoms with Crippen molar-refractivity contribution >= 4 is 35.1 Å². The van der Waals surface area contributed by atoms with Crippen molar-refractivity contribution in [2.24, 2.45) is 11.8 Å². The monoisotopic (exact) mass is 452 g/mol. The summed E-state index contributed by atoms with van der Waals surface area (Å²) in [6.07, 6.45) is 0.0448. The lowest BCUT2D eigenvalue weighted by Gasteiger charge is -2.18. The molecule has 8 nitrogen and oxygen atoms in total. The van der Waals surface area contributed by atoms with Gasteiger partial charge >= 0.3 is 11.9 Å². The number of amides is 2. The van der Waals surface area contributed by atoms with E-state index in [4.69, 9.17) is 9.47 Å². The maximum absolute atomic E-state index is 12.4. The van der Waals surface area contributed by atoms with Crippen LogP contribution in [0.3, 0.4) is 0 Å². The molecule has 2 aromatic carbocycles. The number of carbonyl (C=O) groups excluding carboxylic acids is 4. The Kier molecular flexibility index (Phi) is 7.82. The molecular weight excluding hydrogens is 424 g/mol. The first-order valence-corrected chi connectivity index (χ1v) is 10.8. The number of hydrogen-bond donors (Lipinski definition) is 1. The summed E-state index contributed by atoms with van der Waals surface area (Å²) < 4.78 is 10.3. The SMILES string of the molecule is Cc1ccccc1N1C[C@@H](C(=O)OCC(=O)Nc2ccc(C(=O)OCC(C)C)cc2)CC1=O. The third kappa shape index (κ3) is 6.41. The van der Waals surface area contributed by atoms with Gasteiger partial charge in [0.05, 0.1) is 18.1 Å². The van der Waals surface area contributed by atoms with Crippen LogP contribution < -0.4 is 10.2 Å². The third-order valence-corrected chi connectivity index (χ3v) is 5.16. The molecule has 1 saturated heterocycles. The van der Waals surface area contributed by atoms with E-state index in [1.807, 2.05) is 45.0 Å². The number of rotatable bonds is 8. The number of nitrogens with zero attached hydrogens (tertiary/aromatic N) is 1. The highest BCUT2D eigenvalue weighted by Gasteiger charge is 2.36. The molecule has 8 heteroatoms. The lowest BCUT2D eigenvalue weighted by Crippen LogP contribution is -2.28. The number of esters is 2. The number of nitrogens with one attached hydrogen (secondary N) is 1. The minimum absolute atomic E-state index is 0.0448. The Morgan fingerprint density at radius 1 is 1.06 bits per heavy atom. The molecule has 33 heavy (non-hydrogen) atoms. The minimum atomic E-state index is -0.624. The molecule has 0 unspecified atom stereocenters. The van der Waals surface area contributed by atoms with Gasteiger partial charge < -0.3 is 19.7 Å². The molecular formula is C25H28N2O6. The molecule has 0 radical (unpaired) electrons. The van der Waals surface area contributed by atoms with Crippen molar-refractivity contribution in [3.63, 3.8) is 0 Å². The van der Waals surface area contributed by atoms with Crippen molar-refractivity contribution in [2.45, 2.75) is 27.2 Å². The van der Waals surface area contributed by atoms with Crippen LogP contribution in [0.4, 0.5) is 11.4 Å². The second kappa shape index (κ2) is 10.8. The Balaban J connectivity index is 1.47. The highest BCUT2D eigenvalue weighted by Crippen LogP contribution is 2.28. The predicted molar refractivity (Wildman–Crippen MR) is 123 cm³/mol. The van der Waals surface area contributed by atoms with Crippen LogP contribution >= 0.6 is 0 Å². The van der Waals surface area contributed by atoms with Crippen molar-refractivity contribution in [3.8, 4) is 0 Å². The zero-order valence-electron chi connectivity index (χ0n) is 19.0. The van der Waals surface area contributed by atoms with Crippen LogP contribution in [0.5, 0.6) is 0 Å². The van der Waals surface area contributed by atoms with Gasteiger partial charge in [0.15, 0.2) is 6.61 Å². The summed E-state index contributed by atoms with van der Waals surface area (Å²) in [7, 11) is 0. The lowest BCUT2D eigenvalue weighted by atomic mass is 10.1. The van der Waals surface area contributed by atoms with E-state index in [1.54, 1.807) is 29.2 Å². The van der Waals surface area contributed by atoms with Crippen LogP contribution in [0.15, 0.2) is 48.5 Å². The van der Waals surface area contributed by atoms with E-state index < -0.39 is 30.4 Å². The number of anilines is 2. The zero-order chi connectivity index (χ0) is 24.0. The number of benzene rings is 2. The molecule has 0 saturated carbocycles. The molecule has 1 aliphatic rings. The zero-order valence-corrected chi connectivity index (χ0v) is 19.0. The first kappa shape index (κ1) is 24.0. The second-order valence-electron chi connectivity index (χ2n) is 8.42. The lowest BCUT2D eigenvalue weighted by molar-refractivity contribution is -0.151. The summed E-state index contributed by atoms with van der Waals surface area (Å²) in [5.41, 5.74) is 2.55. The van der Waals surface area contributed by atoms with Crippen molar-refractivity contribution in [2.75, 3.05) is 30.0 Å². The van der Waals surface area contributed by atoms with Crippen molar-refractivity contribution in [1.29, 1.82) is 0 Å². The van der Waals surface area contributed by atoms with Gasteiger partial charge in [0.2, 0.25) is 5.91 Å². The van der Waals surface area contributed by atoms with E-state index >= 15 is 0 Å². The number of aryl methyl sites for hydroxylation is 1. The van der Waals surface area contributed by atoms with Crippen LogP contribution in [0, 0.1) is 18.8 Å². The highest BCUT2D eigenvalue weighted by atomic mass is 16.5. The van der Waals surface area contributed by atoms with Gasteiger partial charge in [0.1, 0.15) is 0 Å². The van der Waals surface area contributed by atoms with Crippen LogP contribution in [-0.4, -0.2) is 43.5 Å². The van der Waals surface area contributed by atoms with E-state index in [1.165, 1.54) is 0 Å². The molecule has 1 heterocycles. The first-order chi connectivity index (χ1) is 15.7. The molecule has 1 fully saturated rings. The van der Waals surface area contributed by atoms with Crippen LogP contribution in [0.25, 0.3) is 0 Å². The van der Waals surface area contributed by atoms with Crippen molar-refractivity contribution < 1.29 is 28.7 Å². The summed E-state index contributed by atoms with van der Waals surface area (Å²) in [6.45, 7) is 5.88. The summed E-state index contributed by atoms with van der Waals surface area (Å²) in [5.74, 6) is -2.07. The average Bonchev–Trinajstić information content (AvgIpc) is 3.18. The fourth-order valence-electron chi connectivity index (χ4n) is 3.43. The van der Waals surface area contributed by atoms with E-state index in [9.17, 15) is 19.2 Å². The van der Waals surface area contributed by atoms with Crippen molar-refractivity contribution in [3.05, 3.63) is 59.7 Å². The predicted octanol–water partition coefficient (Wildman–Crippen LogP) is 3.34. The molecule has 174 valence electrons. The van der Waals surface area contributed by atoms with E-state index in [0.29, 0.717) is 17.9 Å². The second-order valence-corrected chi connectivity index (χ2v) is 8.42. The number of hydrogen-bond acceptors (Lipinski definition) is 6. The van der Waals surface area contributed by atoms with Gasteiger partial charge in [0.25, 0.3) is 5.91 Å². The Morgan fingerprint density at radius 3 is 2.42 bits per heavy atom. The maximum atomic E-state index is 12.4. The maximum Gasteiger partial charge on any atom is 0.338 e. The van der Waals surface area contributed by atoms with Gasteiger partial charge in [-0.15, -0.1) is 0 Å². The van der Waals surface area contributed by atoms with E-state index in [2.05, 4.69) is 5.32 Å². The Hall–Kier alpha value is -3.68. The largest absolute Gasteiger partial charge is 0.462 e. The summed E-state index contributed by atoms with van der Waals surface area (Å²) in [5, 5.41) is 2.61. The average molecular weight is 453 g/mol. The van der Waals surface area contributed by atoms with Gasteiger partial charge in [-0.3, -0.25) is 14.4 Å². The number of para-hydroxylation sites is 1. The molecule has 3 rings (SSSR count). The van der Waals surface area contributed by atoms with Crippen LogP contribution in [-0.2, 0) is 23.9 Å². The quantitative estimate of drug-likeness (QED) is 0.617. The molecule has 0 aromatic heterocycles. The van der Waals surface area contributed by atoms with Gasteiger partial charge in [-0.05, 0) is 48.7 Å². The number of carbonyl (C=O) groups is 4. The molecule has 0 spiro atoms. The molecule has 0 aliphatic carbocycles. The molecule has 1 N–H and O–H groups in total. The Bertz CT molecular complexity index is 1030. The topological polar surface area (TPSA) is 102 Å². The fraction of sp³-hybridized carbons (Fsp3) is 0.360. The van der Waals surface area contributed by atoms with Gasteiger partial charge in [0, 0.05) is 24.3 Å². The van der Waals surface area contributed by atoms with Gasteiger partial charge in [-0.1, -0.05) is 32.0 Å². The van der Waals surface area contributed by atoms with Crippen LogP contribution in [0.1, 0.15) is 36.2 Å². The normalized spacial score (nSPS) is 15.5. The minimum Gasteiger partial charge on any atom is -0.462 e. The van der Waals surface area contributed by atoms with E-state index in [-0.39, 0.29) is 24.8 Å². The van der Waals surface area contributed by atoms with Gasteiger partial charge in [-0.2, -0.15) is 0 Å². The smallest absolute Gasteiger partial charge is 0.338 e. The Labute approximate surface area is 192 Å². The molecule has 2 aromatic rings. The summed E-state index contributed by atoms with van der Waals surface area (Å²) >= 11 is 0. The van der Waals surface area contributed by atoms with E-state index in [0.717, 1.165) is 11.3 Å². The van der Waals surface area contributed by atoms with Crippen molar-refractivity contribution in [1.82, 2.24) is 0 Å². The van der Waals surface area contributed by atoms with Gasteiger partial charge in [-0.25, -0.2) is 4.79 Å². The summed E-state index contributed by atoms with van der Waals surface area (Å²) in [4.78, 5) is 50.5. The fourth-order valence-corrected chi connectivity index (χ4v) is 3.43. The number of ether oxygens (including phenoxy) is 2.